The van der Waals surface area contributed by atoms with E-state index in [1.54, 1.807) is 0 Å². The van der Waals surface area contributed by atoms with E-state index in [1.165, 1.54) is 17.5 Å². The molecule has 0 amide bonds. The zero-order valence-corrected chi connectivity index (χ0v) is 11.9. The van der Waals surface area contributed by atoms with Gasteiger partial charge in [-0.05, 0) is 42.9 Å². The lowest BCUT2D eigenvalue weighted by Crippen LogP contribution is -2.27. The van der Waals surface area contributed by atoms with E-state index in [9.17, 15) is 0 Å². The quantitative estimate of drug-likeness (QED) is 0.885. The molecule has 2 heteroatoms. The zero-order chi connectivity index (χ0) is 13.1. The van der Waals surface area contributed by atoms with Crippen molar-refractivity contribution in [2.45, 2.75) is 45.7 Å². The highest BCUT2D eigenvalue weighted by Gasteiger charge is 2.27. The second-order valence-electron chi connectivity index (χ2n) is 6.01. The molecular weight excluding hydrogens is 220 g/mol. The van der Waals surface area contributed by atoms with E-state index in [0.29, 0.717) is 17.9 Å². The van der Waals surface area contributed by atoms with Crippen LogP contribution < -0.4 is 5.73 Å². The minimum Gasteiger partial charge on any atom is -0.330 e. The molecule has 0 radical (unpaired) electrons. The normalized spacial score (nSPS) is 24.9. The predicted octanol–water partition coefficient (Wildman–Crippen LogP) is 2.98. The van der Waals surface area contributed by atoms with Crippen LogP contribution in [-0.4, -0.2) is 24.0 Å². The van der Waals surface area contributed by atoms with Gasteiger partial charge >= 0.3 is 0 Å². The molecule has 2 atom stereocenters. The molecule has 1 saturated heterocycles. The van der Waals surface area contributed by atoms with Crippen LogP contribution in [-0.2, 0) is 6.54 Å². The second-order valence-corrected chi connectivity index (χ2v) is 6.01. The Morgan fingerprint density at radius 3 is 2.44 bits per heavy atom. The van der Waals surface area contributed by atoms with Gasteiger partial charge in [0.2, 0.25) is 0 Å². The summed E-state index contributed by atoms with van der Waals surface area (Å²) in [5.74, 6) is 1.31. The standard InChI is InChI=1S/C16H26N2/c1-12(2)16-6-4-14(5-7-16)10-18-11-15(9-17)8-13(18)3/h4-7,12-13,15H,8-11,17H2,1-3H3. The Hall–Kier alpha value is -0.860. The van der Waals surface area contributed by atoms with Crippen molar-refractivity contribution in [2.24, 2.45) is 11.7 Å². The van der Waals surface area contributed by atoms with Crippen molar-refractivity contribution < 1.29 is 0 Å². The Kier molecular flexibility index (Phi) is 4.41. The van der Waals surface area contributed by atoms with Crippen LogP contribution in [0.3, 0.4) is 0 Å². The third kappa shape index (κ3) is 3.12. The van der Waals surface area contributed by atoms with Crippen molar-refractivity contribution in [2.75, 3.05) is 13.1 Å². The number of benzene rings is 1. The van der Waals surface area contributed by atoms with Crippen LogP contribution in [0.15, 0.2) is 24.3 Å². The Labute approximate surface area is 111 Å². The summed E-state index contributed by atoms with van der Waals surface area (Å²) in [6.45, 7) is 9.84. The van der Waals surface area contributed by atoms with Crippen LogP contribution in [0.5, 0.6) is 0 Å². The van der Waals surface area contributed by atoms with Gasteiger partial charge in [0, 0.05) is 19.1 Å². The first-order valence-electron chi connectivity index (χ1n) is 7.13. The minimum atomic E-state index is 0.617. The van der Waals surface area contributed by atoms with Gasteiger partial charge in [-0.15, -0.1) is 0 Å². The molecular formula is C16H26N2. The lowest BCUT2D eigenvalue weighted by atomic mass is 10.0. The fraction of sp³-hybridized carbons (Fsp3) is 0.625. The summed E-state index contributed by atoms with van der Waals surface area (Å²) < 4.78 is 0. The topological polar surface area (TPSA) is 29.3 Å². The molecule has 0 aliphatic carbocycles. The average molecular weight is 246 g/mol. The highest BCUT2D eigenvalue weighted by Crippen LogP contribution is 2.24. The number of hydrogen-bond donors (Lipinski definition) is 1. The van der Waals surface area contributed by atoms with E-state index in [0.717, 1.165) is 19.6 Å². The van der Waals surface area contributed by atoms with E-state index in [-0.39, 0.29) is 0 Å². The van der Waals surface area contributed by atoms with Gasteiger partial charge in [0.25, 0.3) is 0 Å². The summed E-state index contributed by atoms with van der Waals surface area (Å²) >= 11 is 0. The molecule has 18 heavy (non-hydrogen) atoms. The first-order chi connectivity index (χ1) is 8.60. The molecule has 1 fully saturated rings. The van der Waals surface area contributed by atoms with E-state index >= 15 is 0 Å². The summed E-state index contributed by atoms with van der Waals surface area (Å²) in [5.41, 5.74) is 8.62. The largest absolute Gasteiger partial charge is 0.330 e. The van der Waals surface area contributed by atoms with Crippen LogP contribution in [0, 0.1) is 5.92 Å². The van der Waals surface area contributed by atoms with Crippen molar-refractivity contribution in [3.63, 3.8) is 0 Å². The molecule has 0 spiro atoms. The summed E-state index contributed by atoms with van der Waals surface area (Å²) in [6.07, 6.45) is 1.25. The molecule has 100 valence electrons. The molecule has 2 rings (SSSR count). The van der Waals surface area contributed by atoms with Crippen molar-refractivity contribution in [3.05, 3.63) is 35.4 Å². The van der Waals surface area contributed by atoms with E-state index < -0.39 is 0 Å². The summed E-state index contributed by atoms with van der Waals surface area (Å²) in [7, 11) is 0. The van der Waals surface area contributed by atoms with Gasteiger partial charge in [-0.3, -0.25) is 4.90 Å². The van der Waals surface area contributed by atoms with Crippen LogP contribution >= 0.6 is 0 Å². The van der Waals surface area contributed by atoms with Crippen molar-refractivity contribution in [1.29, 1.82) is 0 Å². The third-order valence-corrected chi connectivity index (χ3v) is 4.16. The molecule has 0 saturated carbocycles. The lowest BCUT2D eigenvalue weighted by molar-refractivity contribution is 0.256. The Morgan fingerprint density at radius 2 is 1.94 bits per heavy atom. The minimum absolute atomic E-state index is 0.617. The maximum atomic E-state index is 5.78. The van der Waals surface area contributed by atoms with Gasteiger partial charge in [-0.2, -0.15) is 0 Å². The molecule has 0 bridgehead atoms. The SMILES string of the molecule is CC(C)c1ccc(CN2CC(CN)CC2C)cc1. The maximum Gasteiger partial charge on any atom is 0.0236 e. The van der Waals surface area contributed by atoms with Gasteiger partial charge < -0.3 is 5.73 Å². The van der Waals surface area contributed by atoms with Crippen LogP contribution in [0.4, 0.5) is 0 Å². The Bertz CT molecular complexity index is 369. The fourth-order valence-electron chi connectivity index (χ4n) is 2.85. The molecule has 1 heterocycles. The van der Waals surface area contributed by atoms with E-state index in [4.69, 9.17) is 5.73 Å². The number of nitrogens with two attached hydrogens (primary N) is 1. The maximum absolute atomic E-state index is 5.78. The van der Waals surface area contributed by atoms with Crippen molar-refractivity contribution >= 4 is 0 Å². The van der Waals surface area contributed by atoms with Crippen LogP contribution in [0.25, 0.3) is 0 Å². The number of rotatable bonds is 4. The number of likely N-dealkylation sites (tertiary alicyclic amines) is 1. The van der Waals surface area contributed by atoms with Crippen molar-refractivity contribution in [1.82, 2.24) is 4.90 Å². The van der Waals surface area contributed by atoms with Crippen molar-refractivity contribution in [3.8, 4) is 0 Å². The molecule has 0 aromatic heterocycles. The molecule has 1 aromatic carbocycles. The highest BCUT2D eigenvalue weighted by molar-refractivity contribution is 5.24. The third-order valence-electron chi connectivity index (χ3n) is 4.16. The predicted molar refractivity (Wildman–Crippen MR) is 77.6 cm³/mol. The molecule has 2 unspecified atom stereocenters. The summed E-state index contributed by atoms with van der Waals surface area (Å²) in [5, 5.41) is 0. The molecule has 2 nitrogen and oxygen atoms in total. The molecule has 1 aliphatic rings. The first-order valence-corrected chi connectivity index (χ1v) is 7.13. The summed E-state index contributed by atoms with van der Waals surface area (Å²) in [6, 6.07) is 9.75. The molecule has 2 N–H and O–H groups in total. The first kappa shape index (κ1) is 13.6. The molecule has 1 aromatic rings. The van der Waals surface area contributed by atoms with Gasteiger partial charge in [0.15, 0.2) is 0 Å². The fourth-order valence-corrected chi connectivity index (χ4v) is 2.85. The van der Waals surface area contributed by atoms with Crippen LogP contribution in [0.2, 0.25) is 0 Å². The summed E-state index contributed by atoms with van der Waals surface area (Å²) in [4.78, 5) is 2.56. The van der Waals surface area contributed by atoms with E-state index in [1.807, 2.05) is 0 Å². The van der Waals surface area contributed by atoms with Gasteiger partial charge in [0.05, 0.1) is 0 Å². The Morgan fingerprint density at radius 1 is 1.28 bits per heavy atom. The zero-order valence-electron chi connectivity index (χ0n) is 11.9. The average Bonchev–Trinajstić information content (AvgIpc) is 2.71. The smallest absolute Gasteiger partial charge is 0.0236 e. The Balaban J connectivity index is 1.97. The highest BCUT2D eigenvalue weighted by atomic mass is 15.2. The molecule has 1 aliphatic heterocycles. The van der Waals surface area contributed by atoms with E-state index in [2.05, 4.69) is 49.9 Å². The monoisotopic (exact) mass is 246 g/mol. The van der Waals surface area contributed by atoms with Gasteiger partial charge in [-0.25, -0.2) is 0 Å². The van der Waals surface area contributed by atoms with Gasteiger partial charge in [-0.1, -0.05) is 38.1 Å². The second kappa shape index (κ2) is 5.85. The van der Waals surface area contributed by atoms with Crippen LogP contribution in [0.1, 0.15) is 44.2 Å². The van der Waals surface area contributed by atoms with Gasteiger partial charge in [0.1, 0.15) is 0 Å². The number of nitrogens with zero attached hydrogens (tertiary/aromatic N) is 1. The lowest BCUT2D eigenvalue weighted by Gasteiger charge is -2.21. The number of hydrogen-bond acceptors (Lipinski definition) is 2.